The highest BCUT2D eigenvalue weighted by Gasteiger charge is 2.14. The molecule has 14 heavy (non-hydrogen) atoms. The van der Waals surface area contributed by atoms with Gasteiger partial charge in [0.15, 0.2) is 22.5 Å². The number of anilines is 2. The molecule has 0 spiro atoms. The zero-order valence-corrected chi connectivity index (χ0v) is 8.09. The van der Waals surface area contributed by atoms with Crippen LogP contribution in [-0.4, -0.2) is 22.9 Å². The van der Waals surface area contributed by atoms with Crippen molar-refractivity contribution in [3.05, 3.63) is 10.8 Å². The van der Waals surface area contributed by atoms with E-state index in [-0.39, 0.29) is 16.7 Å². The minimum absolute atomic E-state index is 0.0401. The molecule has 0 bridgehead atoms. The molecular formula is C6H9ClN6O. The van der Waals surface area contributed by atoms with E-state index >= 15 is 0 Å². The molecule has 1 aromatic rings. The van der Waals surface area contributed by atoms with Gasteiger partial charge in [-0.25, -0.2) is 15.8 Å². The van der Waals surface area contributed by atoms with Gasteiger partial charge in [-0.3, -0.25) is 10.2 Å². The van der Waals surface area contributed by atoms with Crippen molar-refractivity contribution >= 4 is 29.1 Å². The van der Waals surface area contributed by atoms with Gasteiger partial charge in [-0.1, -0.05) is 11.6 Å². The van der Waals surface area contributed by atoms with E-state index in [2.05, 4.69) is 15.3 Å². The third kappa shape index (κ3) is 1.83. The first kappa shape index (κ1) is 10.5. The molecule has 0 fully saturated rings. The van der Waals surface area contributed by atoms with E-state index in [9.17, 15) is 4.79 Å². The molecule has 76 valence electrons. The monoisotopic (exact) mass is 216 g/mol. The van der Waals surface area contributed by atoms with Crippen LogP contribution in [-0.2, 0) is 0 Å². The predicted molar refractivity (Wildman–Crippen MR) is 52.7 cm³/mol. The van der Waals surface area contributed by atoms with Crippen LogP contribution in [0, 0.1) is 0 Å². The molecule has 0 aliphatic heterocycles. The molecule has 1 heterocycles. The summed E-state index contributed by atoms with van der Waals surface area (Å²) in [6, 6.07) is 0. The minimum atomic E-state index is -0.639. The molecule has 8 heteroatoms. The molecular weight excluding hydrogens is 208 g/mol. The first-order valence-corrected chi connectivity index (χ1v) is 3.99. The van der Waals surface area contributed by atoms with E-state index in [4.69, 9.17) is 23.2 Å². The van der Waals surface area contributed by atoms with Crippen molar-refractivity contribution in [2.45, 2.75) is 0 Å². The number of carbonyl (C=O) groups excluding carboxylic acids is 1. The Balaban J connectivity index is 3.21. The van der Waals surface area contributed by atoms with Crippen LogP contribution in [0.1, 0.15) is 10.5 Å². The third-order valence-electron chi connectivity index (χ3n) is 1.46. The van der Waals surface area contributed by atoms with Crippen LogP contribution < -0.4 is 22.3 Å². The van der Waals surface area contributed by atoms with Crippen LogP contribution in [0.2, 0.25) is 5.15 Å². The minimum Gasteiger partial charge on any atom is -0.382 e. The maximum absolute atomic E-state index is 11.1. The maximum atomic E-state index is 11.1. The van der Waals surface area contributed by atoms with Gasteiger partial charge in [0.05, 0.1) is 0 Å². The molecule has 0 aromatic carbocycles. The number of hydrogen-bond donors (Lipinski definition) is 4. The summed E-state index contributed by atoms with van der Waals surface area (Å²) in [5, 5.41) is 2.73. The predicted octanol–water partition coefficient (Wildman–Crippen LogP) is -0.643. The second kappa shape index (κ2) is 4.07. The average Bonchev–Trinajstić information content (AvgIpc) is 2.19. The van der Waals surface area contributed by atoms with Gasteiger partial charge in [-0.05, 0) is 0 Å². The van der Waals surface area contributed by atoms with Gasteiger partial charge < -0.3 is 11.1 Å². The number of nitrogens with two attached hydrogens (primary N) is 2. The zero-order chi connectivity index (χ0) is 10.7. The molecule has 0 radical (unpaired) electrons. The Kier molecular flexibility index (Phi) is 3.05. The van der Waals surface area contributed by atoms with Crippen molar-refractivity contribution < 1.29 is 4.79 Å². The number of amides is 1. The maximum Gasteiger partial charge on any atom is 0.287 e. The van der Waals surface area contributed by atoms with Crippen LogP contribution in [0.25, 0.3) is 0 Å². The van der Waals surface area contributed by atoms with E-state index in [1.54, 1.807) is 7.05 Å². The third-order valence-corrected chi connectivity index (χ3v) is 1.73. The van der Waals surface area contributed by atoms with Crippen LogP contribution in [0.3, 0.4) is 0 Å². The van der Waals surface area contributed by atoms with Crippen molar-refractivity contribution in [3.8, 4) is 0 Å². The lowest BCUT2D eigenvalue weighted by molar-refractivity contribution is 0.0949. The number of nitrogen functional groups attached to an aromatic ring is 2. The number of hydrogen-bond acceptors (Lipinski definition) is 6. The summed E-state index contributed by atoms with van der Waals surface area (Å²) < 4.78 is 0. The zero-order valence-electron chi connectivity index (χ0n) is 7.34. The largest absolute Gasteiger partial charge is 0.382 e. The van der Waals surface area contributed by atoms with Gasteiger partial charge >= 0.3 is 0 Å². The SMILES string of the molecule is CNc1nc(N)c(C(=O)NN)nc1Cl. The van der Waals surface area contributed by atoms with Crippen molar-refractivity contribution in [1.82, 2.24) is 15.4 Å². The number of rotatable bonds is 2. The Morgan fingerprint density at radius 3 is 2.64 bits per heavy atom. The van der Waals surface area contributed by atoms with Crippen LogP contribution in [0.15, 0.2) is 0 Å². The fraction of sp³-hybridized carbons (Fsp3) is 0.167. The summed E-state index contributed by atoms with van der Waals surface area (Å²) in [7, 11) is 1.61. The Hall–Kier alpha value is -1.60. The first-order chi connectivity index (χ1) is 6.60. The number of hydrazine groups is 1. The van der Waals surface area contributed by atoms with Gasteiger partial charge in [-0.15, -0.1) is 0 Å². The second-order valence-corrected chi connectivity index (χ2v) is 2.68. The molecule has 0 aliphatic rings. The summed E-state index contributed by atoms with van der Waals surface area (Å²) in [5.41, 5.74) is 7.24. The fourth-order valence-electron chi connectivity index (χ4n) is 0.822. The number of aromatic nitrogens is 2. The fourth-order valence-corrected chi connectivity index (χ4v) is 1.04. The molecule has 1 rings (SSSR count). The molecule has 7 nitrogen and oxygen atoms in total. The summed E-state index contributed by atoms with van der Waals surface area (Å²) in [5.74, 6) is 4.54. The average molecular weight is 217 g/mol. The van der Waals surface area contributed by atoms with E-state index in [0.29, 0.717) is 5.82 Å². The van der Waals surface area contributed by atoms with Crippen molar-refractivity contribution in [2.24, 2.45) is 5.84 Å². The normalized spacial score (nSPS) is 9.64. The summed E-state index contributed by atoms with van der Waals surface area (Å²) in [4.78, 5) is 18.6. The molecule has 6 N–H and O–H groups in total. The smallest absolute Gasteiger partial charge is 0.287 e. The number of nitrogens with zero attached hydrogens (tertiary/aromatic N) is 2. The van der Waals surface area contributed by atoms with Crippen molar-refractivity contribution in [2.75, 3.05) is 18.1 Å². The number of carbonyl (C=O) groups is 1. The lowest BCUT2D eigenvalue weighted by Gasteiger charge is -2.06. The van der Waals surface area contributed by atoms with E-state index < -0.39 is 5.91 Å². The molecule has 0 aliphatic carbocycles. The van der Waals surface area contributed by atoms with E-state index in [0.717, 1.165) is 0 Å². The van der Waals surface area contributed by atoms with Crippen LogP contribution >= 0.6 is 11.6 Å². The summed E-state index contributed by atoms with van der Waals surface area (Å²) in [6.45, 7) is 0. The highest BCUT2D eigenvalue weighted by molar-refractivity contribution is 6.31. The lowest BCUT2D eigenvalue weighted by atomic mass is 10.4. The molecule has 0 saturated carbocycles. The number of nitrogens with one attached hydrogen (secondary N) is 2. The van der Waals surface area contributed by atoms with Gasteiger partial charge in [-0.2, -0.15) is 0 Å². The van der Waals surface area contributed by atoms with E-state index in [1.807, 2.05) is 5.43 Å². The van der Waals surface area contributed by atoms with Gasteiger partial charge in [0.1, 0.15) is 0 Å². The standard InChI is InChI=1S/C6H9ClN6O/c1-10-5-3(7)11-2(4(8)12-5)6(14)13-9/h9H2,1H3,(H,13,14)(H3,8,10,12). The van der Waals surface area contributed by atoms with E-state index in [1.165, 1.54) is 0 Å². The molecule has 1 amide bonds. The van der Waals surface area contributed by atoms with Gasteiger partial charge in [0, 0.05) is 7.05 Å². The lowest BCUT2D eigenvalue weighted by Crippen LogP contribution is -2.31. The van der Waals surface area contributed by atoms with Crippen LogP contribution in [0.4, 0.5) is 11.6 Å². The van der Waals surface area contributed by atoms with Crippen LogP contribution in [0.5, 0.6) is 0 Å². The Bertz CT molecular complexity index is 368. The molecule has 0 saturated heterocycles. The van der Waals surface area contributed by atoms with Crippen molar-refractivity contribution in [1.29, 1.82) is 0 Å². The molecule has 1 aromatic heterocycles. The highest BCUT2D eigenvalue weighted by atomic mass is 35.5. The molecule has 0 atom stereocenters. The summed E-state index contributed by atoms with van der Waals surface area (Å²) >= 11 is 5.69. The Morgan fingerprint density at radius 1 is 1.50 bits per heavy atom. The Morgan fingerprint density at radius 2 is 2.14 bits per heavy atom. The topological polar surface area (TPSA) is 119 Å². The second-order valence-electron chi connectivity index (χ2n) is 2.32. The quantitative estimate of drug-likeness (QED) is 0.297. The van der Waals surface area contributed by atoms with Crippen molar-refractivity contribution in [3.63, 3.8) is 0 Å². The summed E-state index contributed by atoms with van der Waals surface area (Å²) in [6.07, 6.45) is 0. The Labute approximate surface area is 84.8 Å². The first-order valence-electron chi connectivity index (χ1n) is 3.61. The van der Waals surface area contributed by atoms with Gasteiger partial charge in [0.2, 0.25) is 0 Å². The highest BCUT2D eigenvalue weighted by Crippen LogP contribution is 2.19. The number of halogens is 1. The molecule has 0 unspecified atom stereocenters. The van der Waals surface area contributed by atoms with Gasteiger partial charge in [0.25, 0.3) is 5.91 Å².